The van der Waals surface area contributed by atoms with Crippen molar-refractivity contribution in [1.82, 2.24) is 9.78 Å². The van der Waals surface area contributed by atoms with Crippen molar-refractivity contribution in [3.63, 3.8) is 0 Å². The Morgan fingerprint density at radius 3 is 2.57 bits per heavy atom. The highest BCUT2D eigenvalue weighted by Crippen LogP contribution is 2.08. The zero-order valence-corrected chi connectivity index (χ0v) is 9.50. The Morgan fingerprint density at radius 1 is 1.43 bits per heavy atom. The quantitative estimate of drug-likeness (QED) is 0.788. The van der Waals surface area contributed by atoms with Gasteiger partial charge in [0.25, 0.3) is 5.56 Å². The van der Waals surface area contributed by atoms with Crippen LogP contribution in [0.15, 0.2) is 10.9 Å². The lowest BCUT2D eigenvalue weighted by Gasteiger charge is -2.09. The second-order valence-electron chi connectivity index (χ2n) is 4.34. The molecular formula is C11H20N2O. The second-order valence-corrected chi connectivity index (χ2v) is 4.34. The van der Waals surface area contributed by atoms with E-state index in [0.717, 1.165) is 18.5 Å². The fourth-order valence-corrected chi connectivity index (χ4v) is 1.52. The first-order chi connectivity index (χ1) is 6.54. The predicted octanol–water partition coefficient (Wildman–Crippen LogP) is 2.35. The Labute approximate surface area is 85.1 Å². The normalized spacial score (nSPS) is 13.5. The number of hydrogen-bond donors (Lipinski definition) is 1. The highest BCUT2D eigenvalue weighted by molar-refractivity contribution is 5.00. The summed E-state index contributed by atoms with van der Waals surface area (Å²) in [4.78, 5) is 11.6. The summed E-state index contributed by atoms with van der Waals surface area (Å²) in [5, 5.41) is 3.17. The molecule has 1 N–H and O–H groups in total. The van der Waals surface area contributed by atoms with Crippen LogP contribution in [0.5, 0.6) is 0 Å². The van der Waals surface area contributed by atoms with E-state index in [0.29, 0.717) is 5.92 Å². The number of H-pyrrole nitrogens is 1. The van der Waals surface area contributed by atoms with Crippen LogP contribution in [0.2, 0.25) is 0 Å². The Hall–Kier alpha value is -0.990. The average molecular weight is 196 g/mol. The van der Waals surface area contributed by atoms with Crippen molar-refractivity contribution in [2.45, 2.75) is 46.6 Å². The van der Waals surface area contributed by atoms with Gasteiger partial charge in [0.2, 0.25) is 0 Å². The summed E-state index contributed by atoms with van der Waals surface area (Å²) < 4.78 is 1.72. The Bertz CT molecular complexity index is 335. The second kappa shape index (κ2) is 4.49. The number of nitrogens with one attached hydrogen (secondary N) is 1. The maximum Gasteiger partial charge on any atom is 0.266 e. The first-order valence-corrected chi connectivity index (χ1v) is 5.35. The molecule has 0 spiro atoms. The molecule has 0 saturated carbocycles. The van der Waals surface area contributed by atoms with Crippen molar-refractivity contribution in [1.29, 1.82) is 0 Å². The van der Waals surface area contributed by atoms with Gasteiger partial charge >= 0.3 is 0 Å². The minimum atomic E-state index is 0.0926. The van der Waals surface area contributed by atoms with Crippen LogP contribution in [0.3, 0.4) is 0 Å². The SMILES string of the molecule is CCC(C)n1[nH]c(CC(C)C)cc1=O. The molecule has 14 heavy (non-hydrogen) atoms. The molecule has 1 rings (SSSR count). The number of rotatable bonds is 4. The average Bonchev–Trinajstić information content (AvgIpc) is 2.44. The molecule has 3 heteroatoms. The van der Waals surface area contributed by atoms with E-state index in [4.69, 9.17) is 0 Å². The van der Waals surface area contributed by atoms with Crippen LogP contribution >= 0.6 is 0 Å². The highest BCUT2D eigenvalue weighted by Gasteiger charge is 2.08. The lowest BCUT2D eigenvalue weighted by Crippen LogP contribution is -2.19. The summed E-state index contributed by atoms with van der Waals surface area (Å²) >= 11 is 0. The molecule has 80 valence electrons. The molecule has 1 aromatic heterocycles. The van der Waals surface area contributed by atoms with Gasteiger partial charge in [-0.2, -0.15) is 0 Å². The molecule has 1 heterocycles. The molecule has 0 aliphatic rings. The molecule has 1 aromatic rings. The van der Waals surface area contributed by atoms with Gasteiger partial charge in [0.15, 0.2) is 0 Å². The van der Waals surface area contributed by atoms with Crippen molar-refractivity contribution >= 4 is 0 Å². The summed E-state index contributed by atoms with van der Waals surface area (Å²) in [5.74, 6) is 0.582. The Balaban J connectivity index is 2.88. The van der Waals surface area contributed by atoms with E-state index < -0.39 is 0 Å². The highest BCUT2D eigenvalue weighted by atomic mass is 16.1. The minimum absolute atomic E-state index is 0.0926. The monoisotopic (exact) mass is 196 g/mol. The van der Waals surface area contributed by atoms with Crippen LogP contribution in [-0.4, -0.2) is 9.78 Å². The topological polar surface area (TPSA) is 37.8 Å². The molecule has 0 aliphatic heterocycles. The van der Waals surface area contributed by atoms with E-state index in [9.17, 15) is 4.79 Å². The van der Waals surface area contributed by atoms with E-state index in [1.165, 1.54) is 0 Å². The van der Waals surface area contributed by atoms with Crippen molar-refractivity contribution in [2.75, 3.05) is 0 Å². The molecule has 0 aromatic carbocycles. The van der Waals surface area contributed by atoms with Gasteiger partial charge < -0.3 is 0 Å². The van der Waals surface area contributed by atoms with Crippen LogP contribution < -0.4 is 5.56 Å². The summed E-state index contributed by atoms with van der Waals surface area (Å²) in [7, 11) is 0. The first-order valence-electron chi connectivity index (χ1n) is 5.35. The third kappa shape index (κ3) is 2.50. The van der Waals surface area contributed by atoms with Crippen molar-refractivity contribution in [2.24, 2.45) is 5.92 Å². The molecular weight excluding hydrogens is 176 g/mol. The number of aromatic nitrogens is 2. The number of aromatic amines is 1. The van der Waals surface area contributed by atoms with E-state index in [1.807, 2.05) is 0 Å². The molecule has 0 aliphatic carbocycles. The van der Waals surface area contributed by atoms with Crippen LogP contribution in [0.25, 0.3) is 0 Å². The number of nitrogens with zero attached hydrogens (tertiary/aromatic N) is 1. The third-order valence-electron chi connectivity index (χ3n) is 2.46. The predicted molar refractivity (Wildman–Crippen MR) is 58.6 cm³/mol. The van der Waals surface area contributed by atoms with Crippen molar-refractivity contribution < 1.29 is 0 Å². The Morgan fingerprint density at radius 2 is 2.07 bits per heavy atom. The third-order valence-corrected chi connectivity index (χ3v) is 2.46. The summed E-state index contributed by atoms with van der Waals surface area (Å²) in [5.41, 5.74) is 1.14. The molecule has 1 atom stereocenters. The molecule has 0 fully saturated rings. The fraction of sp³-hybridized carbons (Fsp3) is 0.727. The van der Waals surface area contributed by atoms with Gasteiger partial charge in [0, 0.05) is 11.8 Å². The fourth-order valence-electron chi connectivity index (χ4n) is 1.52. The van der Waals surface area contributed by atoms with E-state index in [1.54, 1.807) is 10.7 Å². The van der Waals surface area contributed by atoms with E-state index in [2.05, 4.69) is 32.8 Å². The van der Waals surface area contributed by atoms with Crippen LogP contribution in [0, 0.1) is 5.92 Å². The first kappa shape index (κ1) is 11.1. The van der Waals surface area contributed by atoms with Gasteiger partial charge in [0.1, 0.15) is 0 Å². The molecule has 3 nitrogen and oxygen atoms in total. The zero-order valence-electron chi connectivity index (χ0n) is 9.50. The van der Waals surface area contributed by atoms with Gasteiger partial charge in [0.05, 0.1) is 6.04 Å². The molecule has 0 bridgehead atoms. The molecule has 0 saturated heterocycles. The van der Waals surface area contributed by atoms with Gasteiger partial charge in [-0.05, 0) is 25.7 Å². The summed E-state index contributed by atoms with van der Waals surface area (Å²) in [6, 6.07) is 1.98. The Kier molecular flexibility index (Phi) is 3.55. The van der Waals surface area contributed by atoms with Gasteiger partial charge in [-0.15, -0.1) is 0 Å². The molecule has 1 unspecified atom stereocenters. The van der Waals surface area contributed by atoms with Crippen molar-refractivity contribution in [3.05, 3.63) is 22.1 Å². The molecule has 0 amide bonds. The molecule has 0 radical (unpaired) electrons. The maximum absolute atomic E-state index is 11.6. The van der Waals surface area contributed by atoms with Crippen LogP contribution in [-0.2, 0) is 6.42 Å². The minimum Gasteiger partial charge on any atom is -0.299 e. The zero-order chi connectivity index (χ0) is 10.7. The van der Waals surface area contributed by atoms with Crippen LogP contribution in [0.1, 0.15) is 45.9 Å². The van der Waals surface area contributed by atoms with Crippen molar-refractivity contribution in [3.8, 4) is 0 Å². The van der Waals surface area contributed by atoms with Gasteiger partial charge in [-0.3, -0.25) is 14.6 Å². The smallest absolute Gasteiger partial charge is 0.266 e. The van der Waals surface area contributed by atoms with E-state index in [-0.39, 0.29) is 11.6 Å². The summed E-state index contributed by atoms with van der Waals surface area (Å²) in [6.07, 6.45) is 1.92. The standard InChI is InChI=1S/C11H20N2O/c1-5-9(4)13-11(14)7-10(12-13)6-8(2)3/h7-9,12H,5-6H2,1-4H3. The number of hydrogen-bond acceptors (Lipinski definition) is 1. The van der Waals surface area contributed by atoms with Gasteiger partial charge in [-0.25, -0.2) is 0 Å². The maximum atomic E-state index is 11.6. The summed E-state index contributed by atoms with van der Waals surface area (Å²) in [6.45, 7) is 8.44. The largest absolute Gasteiger partial charge is 0.299 e. The lowest BCUT2D eigenvalue weighted by molar-refractivity contribution is 0.458. The van der Waals surface area contributed by atoms with Gasteiger partial charge in [-0.1, -0.05) is 20.8 Å². The van der Waals surface area contributed by atoms with Crippen LogP contribution in [0.4, 0.5) is 0 Å². The van der Waals surface area contributed by atoms with E-state index >= 15 is 0 Å². The lowest BCUT2D eigenvalue weighted by atomic mass is 10.1.